The lowest BCUT2D eigenvalue weighted by atomic mass is 9.49. The third kappa shape index (κ3) is 3.33. The summed E-state index contributed by atoms with van der Waals surface area (Å²) < 4.78 is 14.4. The summed E-state index contributed by atoms with van der Waals surface area (Å²) in [6.07, 6.45) is 8.50. The van der Waals surface area contributed by atoms with Crippen LogP contribution in [0.2, 0.25) is 0 Å². The van der Waals surface area contributed by atoms with Crippen molar-refractivity contribution in [2.45, 2.75) is 45.1 Å². The maximum Gasteiger partial charge on any atom is 0.251 e. The van der Waals surface area contributed by atoms with Gasteiger partial charge in [-0.05, 0) is 80.9 Å². The van der Waals surface area contributed by atoms with E-state index in [-0.39, 0.29) is 11.7 Å². The van der Waals surface area contributed by atoms with E-state index in [4.69, 9.17) is 0 Å². The molecule has 0 heterocycles. The average Bonchev–Trinajstić information content (AvgIpc) is 2.54. The van der Waals surface area contributed by atoms with Crippen LogP contribution in [0.4, 0.5) is 4.39 Å². The van der Waals surface area contributed by atoms with E-state index in [2.05, 4.69) is 17.3 Å². The molecule has 25 heavy (non-hydrogen) atoms. The Labute approximate surface area is 150 Å². The van der Waals surface area contributed by atoms with Gasteiger partial charge in [-0.1, -0.05) is 6.07 Å². The summed E-state index contributed by atoms with van der Waals surface area (Å²) >= 11 is 0. The first-order valence-corrected chi connectivity index (χ1v) is 9.65. The number of carbonyl (C=O) groups excluding carboxylic acids is 1. The molecular weight excluding hydrogens is 314 g/mol. The van der Waals surface area contributed by atoms with Crippen molar-refractivity contribution < 1.29 is 9.18 Å². The van der Waals surface area contributed by atoms with Gasteiger partial charge >= 0.3 is 0 Å². The summed E-state index contributed by atoms with van der Waals surface area (Å²) in [6, 6.07) is 4.83. The fourth-order valence-corrected chi connectivity index (χ4v) is 6.36. The highest BCUT2D eigenvalue weighted by Gasteiger charge is 2.50. The Hall–Kier alpha value is -1.42. The molecule has 0 atom stereocenters. The zero-order valence-corrected chi connectivity index (χ0v) is 15.4. The highest BCUT2D eigenvalue weighted by molar-refractivity contribution is 5.93. The van der Waals surface area contributed by atoms with Crippen molar-refractivity contribution in [1.82, 2.24) is 10.2 Å². The van der Waals surface area contributed by atoms with Crippen LogP contribution in [0.1, 0.15) is 54.4 Å². The molecule has 0 unspecified atom stereocenters. The lowest BCUT2D eigenvalue weighted by Gasteiger charge is -2.57. The number of benzene rings is 1. The van der Waals surface area contributed by atoms with Crippen molar-refractivity contribution in [1.29, 1.82) is 0 Å². The third-order valence-corrected chi connectivity index (χ3v) is 6.75. The van der Waals surface area contributed by atoms with Crippen molar-refractivity contribution >= 4 is 5.91 Å². The first-order chi connectivity index (χ1) is 12.0. The molecule has 136 valence electrons. The number of rotatable bonds is 5. The van der Waals surface area contributed by atoms with Crippen LogP contribution in [-0.2, 0) is 6.54 Å². The lowest BCUT2D eigenvalue weighted by molar-refractivity contribution is -0.0671. The van der Waals surface area contributed by atoms with Gasteiger partial charge in [0.15, 0.2) is 0 Å². The predicted molar refractivity (Wildman–Crippen MR) is 96.7 cm³/mol. The van der Waals surface area contributed by atoms with Crippen LogP contribution in [0, 0.1) is 29.0 Å². The summed E-state index contributed by atoms with van der Waals surface area (Å²) in [5.41, 5.74) is 1.54. The van der Waals surface area contributed by atoms with Crippen molar-refractivity contribution in [3.8, 4) is 0 Å². The second kappa shape index (κ2) is 6.39. The van der Waals surface area contributed by atoms with Crippen molar-refractivity contribution in [2.24, 2.45) is 23.2 Å². The molecule has 0 aliphatic heterocycles. The highest BCUT2D eigenvalue weighted by atomic mass is 18.2. The van der Waals surface area contributed by atoms with Crippen LogP contribution in [-0.4, -0.2) is 31.4 Å². The molecule has 4 fully saturated rings. The zero-order chi connectivity index (χ0) is 17.6. The van der Waals surface area contributed by atoms with Gasteiger partial charge in [0.2, 0.25) is 0 Å². The van der Waals surface area contributed by atoms with Crippen LogP contribution in [0.25, 0.3) is 0 Å². The minimum absolute atomic E-state index is 0.243. The first kappa shape index (κ1) is 17.0. The molecule has 4 heteroatoms. The normalized spacial score (nSPS) is 33.0. The molecule has 0 aromatic heterocycles. The van der Waals surface area contributed by atoms with Crippen LogP contribution in [0.5, 0.6) is 0 Å². The second-order valence-electron chi connectivity index (χ2n) is 8.98. The molecule has 1 aromatic rings. The van der Waals surface area contributed by atoms with E-state index in [1.807, 2.05) is 0 Å². The van der Waals surface area contributed by atoms with Crippen molar-refractivity contribution in [3.05, 3.63) is 35.1 Å². The van der Waals surface area contributed by atoms with Gasteiger partial charge < -0.3 is 10.2 Å². The van der Waals surface area contributed by atoms with Gasteiger partial charge in [0.1, 0.15) is 5.82 Å². The number of hydrogen-bond donors (Lipinski definition) is 1. The van der Waals surface area contributed by atoms with E-state index in [0.29, 0.717) is 23.1 Å². The Morgan fingerprint density at radius 3 is 2.32 bits per heavy atom. The maximum atomic E-state index is 14.4. The van der Waals surface area contributed by atoms with Crippen LogP contribution in [0.15, 0.2) is 18.2 Å². The van der Waals surface area contributed by atoms with Crippen LogP contribution in [0.3, 0.4) is 0 Å². The van der Waals surface area contributed by atoms with Gasteiger partial charge in [0, 0.05) is 31.3 Å². The summed E-state index contributed by atoms with van der Waals surface area (Å²) in [4.78, 5) is 13.9. The Balaban J connectivity index is 1.42. The maximum absolute atomic E-state index is 14.4. The predicted octanol–water partition coefficient (Wildman–Crippen LogP) is 3.83. The minimum atomic E-state index is -0.279. The third-order valence-electron chi connectivity index (χ3n) is 6.75. The minimum Gasteiger partial charge on any atom is -0.355 e. The van der Waals surface area contributed by atoms with E-state index in [1.54, 1.807) is 19.2 Å². The lowest BCUT2D eigenvalue weighted by Crippen LogP contribution is -2.50. The smallest absolute Gasteiger partial charge is 0.251 e. The molecule has 4 aliphatic carbocycles. The van der Waals surface area contributed by atoms with E-state index < -0.39 is 0 Å². The van der Waals surface area contributed by atoms with Gasteiger partial charge in [0.05, 0.1) is 0 Å². The Morgan fingerprint density at radius 1 is 1.20 bits per heavy atom. The largest absolute Gasteiger partial charge is 0.355 e. The van der Waals surface area contributed by atoms with Crippen molar-refractivity contribution in [3.63, 3.8) is 0 Å². The topological polar surface area (TPSA) is 32.3 Å². The van der Waals surface area contributed by atoms with E-state index in [0.717, 1.165) is 24.3 Å². The number of hydrogen-bond acceptors (Lipinski definition) is 2. The summed E-state index contributed by atoms with van der Waals surface area (Å²) in [7, 11) is 3.68. The Morgan fingerprint density at radius 2 is 1.80 bits per heavy atom. The molecule has 0 spiro atoms. The van der Waals surface area contributed by atoms with E-state index in [9.17, 15) is 9.18 Å². The summed E-state index contributed by atoms with van der Waals surface area (Å²) in [5, 5.41) is 2.54. The van der Waals surface area contributed by atoms with E-state index >= 15 is 0 Å². The molecule has 4 aliphatic rings. The standard InChI is InChI=1S/C21H29FN2O/c1-23-20(25)17-3-4-18(19(22)8-17)12-24(2)13-21-9-14-5-15(10-21)7-16(6-14)11-21/h3-4,8,14-16H,5-7,9-13H2,1-2H3,(H,23,25)/i22-1. The first-order valence-electron chi connectivity index (χ1n) is 9.65. The Kier molecular flexibility index (Phi) is 4.35. The molecule has 0 radical (unpaired) electrons. The zero-order valence-electron chi connectivity index (χ0n) is 15.4. The number of carbonyl (C=O) groups is 1. The number of amides is 1. The van der Waals surface area contributed by atoms with Crippen LogP contribution < -0.4 is 5.32 Å². The number of nitrogens with one attached hydrogen (secondary N) is 1. The SMILES string of the molecule is CNC(=O)c1ccc(CN(C)CC23CC4CC(CC(C4)C2)C3)c([18F])c1. The molecule has 1 N–H and O–H groups in total. The number of nitrogens with zero attached hydrogens (tertiary/aromatic N) is 1. The molecule has 1 amide bonds. The fraction of sp³-hybridized carbons (Fsp3) is 0.667. The van der Waals surface area contributed by atoms with E-state index in [1.165, 1.54) is 44.6 Å². The molecule has 0 saturated heterocycles. The Bertz CT molecular complexity index is 637. The highest BCUT2D eigenvalue weighted by Crippen LogP contribution is 2.60. The van der Waals surface area contributed by atoms with Crippen LogP contribution >= 0.6 is 0 Å². The molecule has 4 saturated carbocycles. The average molecular weight is 343 g/mol. The van der Waals surface area contributed by atoms with Gasteiger partial charge in [-0.25, -0.2) is 4.39 Å². The fourth-order valence-electron chi connectivity index (χ4n) is 6.36. The molecule has 3 nitrogen and oxygen atoms in total. The quantitative estimate of drug-likeness (QED) is 0.881. The molecule has 4 bridgehead atoms. The van der Waals surface area contributed by atoms with Crippen molar-refractivity contribution in [2.75, 3.05) is 20.6 Å². The van der Waals surface area contributed by atoms with Gasteiger partial charge in [0.25, 0.3) is 5.91 Å². The van der Waals surface area contributed by atoms with Gasteiger partial charge in [-0.2, -0.15) is 0 Å². The van der Waals surface area contributed by atoms with Gasteiger partial charge in [-0.15, -0.1) is 0 Å². The second-order valence-corrected chi connectivity index (χ2v) is 8.98. The summed E-state index contributed by atoms with van der Waals surface area (Å²) in [5.74, 6) is 2.32. The monoisotopic (exact) mass is 343 g/mol. The molecular formula is C21H29FN2O. The molecule has 1 aromatic carbocycles. The summed E-state index contributed by atoms with van der Waals surface area (Å²) in [6.45, 7) is 1.69. The van der Waals surface area contributed by atoms with Gasteiger partial charge in [-0.3, -0.25) is 4.79 Å². The number of halogens is 1. The molecule has 5 rings (SSSR count).